The summed E-state index contributed by atoms with van der Waals surface area (Å²) < 4.78 is 5.33. The van der Waals surface area contributed by atoms with Gasteiger partial charge in [0.25, 0.3) is 0 Å². The molecule has 0 spiro atoms. The Morgan fingerprint density at radius 2 is 2.07 bits per heavy atom. The standard InChI is InChI=1S/C12H20N2O/c1-9(2)14-6-4-11(5-7-14)12-8-10(3)13-15-12/h8-9,11H,4-7H2,1-3H3. The Balaban J connectivity index is 1.93. The summed E-state index contributed by atoms with van der Waals surface area (Å²) in [6.45, 7) is 8.87. The smallest absolute Gasteiger partial charge is 0.140 e. The maximum absolute atomic E-state index is 5.33. The second-order valence-corrected chi connectivity index (χ2v) is 4.77. The molecule has 0 unspecified atom stereocenters. The average molecular weight is 208 g/mol. The van der Waals surface area contributed by atoms with Gasteiger partial charge in [-0.05, 0) is 46.7 Å². The number of rotatable bonds is 2. The highest BCUT2D eigenvalue weighted by molar-refractivity contribution is 5.09. The first-order chi connectivity index (χ1) is 7.16. The second-order valence-electron chi connectivity index (χ2n) is 4.77. The van der Waals surface area contributed by atoms with Crippen LogP contribution in [0.3, 0.4) is 0 Å². The summed E-state index contributed by atoms with van der Waals surface area (Å²) in [6.07, 6.45) is 2.40. The highest BCUT2D eigenvalue weighted by Gasteiger charge is 2.24. The number of hydrogen-bond donors (Lipinski definition) is 0. The zero-order valence-corrected chi connectivity index (χ0v) is 9.86. The van der Waals surface area contributed by atoms with Gasteiger partial charge in [-0.1, -0.05) is 5.16 Å². The van der Waals surface area contributed by atoms with E-state index in [1.54, 1.807) is 0 Å². The molecular formula is C12H20N2O. The largest absolute Gasteiger partial charge is 0.361 e. The molecule has 0 aromatic carbocycles. The number of likely N-dealkylation sites (tertiary alicyclic amines) is 1. The number of piperidine rings is 1. The first kappa shape index (κ1) is 10.7. The molecule has 15 heavy (non-hydrogen) atoms. The van der Waals surface area contributed by atoms with Crippen molar-refractivity contribution in [3.05, 3.63) is 17.5 Å². The highest BCUT2D eigenvalue weighted by Crippen LogP contribution is 2.28. The van der Waals surface area contributed by atoms with E-state index < -0.39 is 0 Å². The summed E-state index contributed by atoms with van der Waals surface area (Å²) in [7, 11) is 0. The lowest BCUT2D eigenvalue weighted by Gasteiger charge is -2.33. The SMILES string of the molecule is Cc1cc(C2CCN(C(C)C)CC2)on1. The van der Waals surface area contributed by atoms with Crippen LogP contribution >= 0.6 is 0 Å². The molecule has 2 rings (SSSR count). The summed E-state index contributed by atoms with van der Waals surface area (Å²) in [6, 6.07) is 2.75. The van der Waals surface area contributed by atoms with Crippen LogP contribution in [0.15, 0.2) is 10.6 Å². The molecule has 1 aromatic heterocycles. The van der Waals surface area contributed by atoms with E-state index in [2.05, 4.69) is 30.0 Å². The van der Waals surface area contributed by atoms with E-state index in [0.717, 1.165) is 11.5 Å². The van der Waals surface area contributed by atoms with Gasteiger partial charge in [0.15, 0.2) is 0 Å². The second kappa shape index (κ2) is 4.35. The van der Waals surface area contributed by atoms with E-state index >= 15 is 0 Å². The van der Waals surface area contributed by atoms with Crippen LogP contribution in [0.1, 0.15) is 44.1 Å². The van der Waals surface area contributed by atoms with Crippen LogP contribution < -0.4 is 0 Å². The molecule has 3 heteroatoms. The third-order valence-corrected chi connectivity index (χ3v) is 3.31. The lowest BCUT2D eigenvalue weighted by atomic mass is 9.93. The third-order valence-electron chi connectivity index (χ3n) is 3.31. The minimum absolute atomic E-state index is 0.584. The normalized spacial score (nSPS) is 20.0. The molecule has 1 fully saturated rings. The van der Waals surface area contributed by atoms with Crippen LogP contribution in [-0.2, 0) is 0 Å². The summed E-state index contributed by atoms with van der Waals surface area (Å²) >= 11 is 0. The minimum atomic E-state index is 0.584. The van der Waals surface area contributed by atoms with E-state index in [1.165, 1.54) is 25.9 Å². The fourth-order valence-corrected chi connectivity index (χ4v) is 2.28. The van der Waals surface area contributed by atoms with Crippen molar-refractivity contribution in [3.8, 4) is 0 Å². The molecule has 1 saturated heterocycles. The summed E-state index contributed by atoms with van der Waals surface area (Å²) in [4.78, 5) is 2.53. The molecule has 0 saturated carbocycles. The molecule has 84 valence electrons. The number of aryl methyl sites for hydroxylation is 1. The topological polar surface area (TPSA) is 29.3 Å². The summed E-state index contributed by atoms with van der Waals surface area (Å²) in [5, 5.41) is 3.96. The van der Waals surface area contributed by atoms with Gasteiger partial charge in [-0.2, -0.15) is 0 Å². The summed E-state index contributed by atoms with van der Waals surface area (Å²) in [5.74, 6) is 1.66. The maximum atomic E-state index is 5.33. The lowest BCUT2D eigenvalue weighted by Crippen LogP contribution is -2.37. The van der Waals surface area contributed by atoms with Crippen molar-refractivity contribution in [1.82, 2.24) is 10.1 Å². The fraction of sp³-hybridized carbons (Fsp3) is 0.750. The molecule has 1 aliphatic rings. The van der Waals surface area contributed by atoms with Crippen LogP contribution in [0, 0.1) is 6.92 Å². The molecule has 3 nitrogen and oxygen atoms in total. The zero-order chi connectivity index (χ0) is 10.8. The van der Waals surface area contributed by atoms with Gasteiger partial charge in [0.2, 0.25) is 0 Å². The van der Waals surface area contributed by atoms with Crippen LogP contribution in [0.2, 0.25) is 0 Å². The zero-order valence-electron chi connectivity index (χ0n) is 9.86. The van der Waals surface area contributed by atoms with Crippen molar-refractivity contribution in [3.63, 3.8) is 0 Å². The quantitative estimate of drug-likeness (QED) is 0.748. The van der Waals surface area contributed by atoms with Gasteiger partial charge >= 0.3 is 0 Å². The van der Waals surface area contributed by atoms with E-state index in [0.29, 0.717) is 12.0 Å². The summed E-state index contributed by atoms with van der Waals surface area (Å²) in [5.41, 5.74) is 0.997. The average Bonchev–Trinajstić information content (AvgIpc) is 2.65. The van der Waals surface area contributed by atoms with Crippen molar-refractivity contribution in [2.24, 2.45) is 0 Å². The Labute approximate surface area is 91.4 Å². The Morgan fingerprint density at radius 1 is 1.40 bits per heavy atom. The van der Waals surface area contributed by atoms with Crippen molar-refractivity contribution >= 4 is 0 Å². The Hall–Kier alpha value is -0.830. The number of aromatic nitrogens is 1. The van der Waals surface area contributed by atoms with Crippen LogP contribution in [0.5, 0.6) is 0 Å². The van der Waals surface area contributed by atoms with E-state index in [4.69, 9.17) is 4.52 Å². The Morgan fingerprint density at radius 3 is 2.53 bits per heavy atom. The molecule has 0 N–H and O–H groups in total. The molecule has 0 bridgehead atoms. The highest BCUT2D eigenvalue weighted by atomic mass is 16.5. The van der Waals surface area contributed by atoms with Crippen molar-refractivity contribution in [1.29, 1.82) is 0 Å². The monoisotopic (exact) mass is 208 g/mol. The molecule has 0 aliphatic carbocycles. The van der Waals surface area contributed by atoms with Crippen molar-refractivity contribution < 1.29 is 4.52 Å². The first-order valence-corrected chi connectivity index (χ1v) is 5.84. The molecular weight excluding hydrogens is 188 g/mol. The van der Waals surface area contributed by atoms with Crippen molar-refractivity contribution in [2.45, 2.75) is 45.6 Å². The van der Waals surface area contributed by atoms with Crippen LogP contribution in [0.25, 0.3) is 0 Å². The van der Waals surface area contributed by atoms with Gasteiger partial charge in [-0.15, -0.1) is 0 Å². The van der Waals surface area contributed by atoms with Gasteiger partial charge in [0, 0.05) is 18.0 Å². The van der Waals surface area contributed by atoms with Gasteiger partial charge in [-0.3, -0.25) is 0 Å². The van der Waals surface area contributed by atoms with Gasteiger partial charge in [0.1, 0.15) is 5.76 Å². The van der Waals surface area contributed by atoms with Crippen LogP contribution in [-0.4, -0.2) is 29.2 Å². The molecule has 2 heterocycles. The Kier molecular flexibility index (Phi) is 3.10. The van der Waals surface area contributed by atoms with Crippen LogP contribution in [0.4, 0.5) is 0 Å². The van der Waals surface area contributed by atoms with Crippen molar-refractivity contribution in [2.75, 3.05) is 13.1 Å². The van der Waals surface area contributed by atoms with Gasteiger partial charge in [0.05, 0.1) is 5.69 Å². The van der Waals surface area contributed by atoms with Gasteiger partial charge in [-0.25, -0.2) is 0 Å². The predicted molar refractivity (Wildman–Crippen MR) is 59.9 cm³/mol. The predicted octanol–water partition coefficient (Wildman–Crippen LogP) is 2.57. The number of hydrogen-bond acceptors (Lipinski definition) is 3. The lowest BCUT2D eigenvalue weighted by molar-refractivity contribution is 0.161. The molecule has 0 amide bonds. The fourth-order valence-electron chi connectivity index (χ4n) is 2.28. The maximum Gasteiger partial charge on any atom is 0.140 e. The molecule has 0 radical (unpaired) electrons. The first-order valence-electron chi connectivity index (χ1n) is 5.84. The van der Waals surface area contributed by atoms with Gasteiger partial charge < -0.3 is 9.42 Å². The molecule has 1 aliphatic heterocycles. The molecule has 0 atom stereocenters. The minimum Gasteiger partial charge on any atom is -0.361 e. The van der Waals surface area contributed by atoms with E-state index in [9.17, 15) is 0 Å². The number of nitrogens with zero attached hydrogens (tertiary/aromatic N) is 2. The third kappa shape index (κ3) is 2.40. The Bertz CT molecular complexity index is 311. The van der Waals surface area contributed by atoms with E-state index in [-0.39, 0.29) is 0 Å². The molecule has 1 aromatic rings. The van der Waals surface area contributed by atoms with E-state index in [1.807, 2.05) is 6.92 Å².